The number of fused-ring (bicyclic) bond motifs is 3. The van der Waals surface area contributed by atoms with E-state index in [9.17, 15) is 4.79 Å². The molecule has 5 heteroatoms. The molecular formula is C14H15N3O2. The first-order valence-corrected chi connectivity index (χ1v) is 6.11. The van der Waals surface area contributed by atoms with Gasteiger partial charge >= 0.3 is 5.97 Å². The second-order valence-electron chi connectivity index (χ2n) is 5.73. The number of nitrogens with one attached hydrogen (secondary N) is 1. The summed E-state index contributed by atoms with van der Waals surface area (Å²) in [6.07, 6.45) is 1.57. The summed E-state index contributed by atoms with van der Waals surface area (Å²) in [5.41, 5.74) is 3.16. The summed E-state index contributed by atoms with van der Waals surface area (Å²) in [5, 5.41) is 8.99. The highest BCUT2D eigenvalue weighted by Gasteiger charge is 2.17. The Bertz CT molecular complexity index is 790. The van der Waals surface area contributed by atoms with Gasteiger partial charge < -0.3 is 10.1 Å². The SMILES string of the molecule is CC(C)(C)c1ccc2nc3[nH]c(C(=O)O)cn3c2c1. The lowest BCUT2D eigenvalue weighted by atomic mass is 9.87. The van der Waals surface area contributed by atoms with Gasteiger partial charge in [-0.3, -0.25) is 4.40 Å². The predicted octanol–water partition coefficient (Wildman–Crippen LogP) is 2.81. The zero-order chi connectivity index (χ0) is 13.8. The average Bonchev–Trinajstić information content (AvgIpc) is 2.83. The zero-order valence-corrected chi connectivity index (χ0v) is 11.1. The molecule has 98 valence electrons. The maximum atomic E-state index is 11.0. The molecule has 0 aliphatic rings. The van der Waals surface area contributed by atoms with Gasteiger partial charge in [-0.05, 0) is 23.1 Å². The number of hydrogen-bond acceptors (Lipinski definition) is 2. The molecule has 0 amide bonds. The van der Waals surface area contributed by atoms with E-state index < -0.39 is 5.97 Å². The van der Waals surface area contributed by atoms with Gasteiger partial charge in [0.15, 0.2) is 0 Å². The molecule has 1 aromatic carbocycles. The number of nitrogens with zero attached hydrogens (tertiary/aromatic N) is 2. The summed E-state index contributed by atoms with van der Waals surface area (Å²) in [4.78, 5) is 18.1. The van der Waals surface area contributed by atoms with Gasteiger partial charge in [0.05, 0.1) is 11.0 Å². The minimum absolute atomic E-state index is 0.0459. The van der Waals surface area contributed by atoms with Crippen molar-refractivity contribution >= 4 is 22.8 Å². The summed E-state index contributed by atoms with van der Waals surface area (Å²) in [5.74, 6) is -0.427. The Morgan fingerprint density at radius 1 is 1.37 bits per heavy atom. The summed E-state index contributed by atoms with van der Waals surface area (Å²) >= 11 is 0. The van der Waals surface area contributed by atoms with Crippen LogP contribution < -0.4 is 0 Å². The van der Waals surface area contributed by atoms with Crippen LogP contribution in [0.25, 0.3) is 16.8 Å². The Hall–Kier alpha value is -2.30. The van der Waals surface area contributed by atoms with Crippen LogP contribution in [0.3, 0.4) is 0 Å². The van der Waals surface area contributed by atoms with Gasteiger partial charge in [0.1, 0.15) is 5.69 Å². The molecular weight excluding hydrogens is 242 g/mol. The molecule has 0 unspecified atom stereocenters. The number of carboxylic acid groups (broad SMARTS) is 1. The summed E-state index contributed by atoms with van der Waals surface area (Å²) < 4.78 is 1.79. The fraction of sp³-hybridized carbons (Fsp3) is 0.286. The van der Waals surface area contributed by atoms with Gasteiger partial charge in [-0.15, -0.1) is 0 Å². The van der Waals surface area contributed by atoms with Crippen LogP contribution >= 0.6 is 0 Å². The standard InChI is InChI=1S/C14H15N3O2/c1-14(2,3)8-4-5-9-11(6-8)17-7-10(12(18)19)16-13(17)15-9/h4-7H,1-3H3,(H,15,16)(H,18,19). The average molecular weight is 257 g/mol. The third-order valence-electron chi connectivity index (χ3n) is 3.29. The highest BCUT2D eigenvalue weighted by Crippen LogP contribution is 2.26. The van der Waals surface area contributed by atoms with E-state index in [1.54, 1.807) is 10.6 Å². The van der Waals surface area contributed by atoms with Crippen molar-refractivity contribution in [2.75, 3.05) is 0 Å². The summed E-state index contributed by atoms with van der Waals surface area (Å²) in [7, 11) is 0. The second kappa shape index (κ2) is 3.60. The first-order valence-electron chi connectivity index (χ1n) is 6.11. The number of aromatic nitrogens is 3. The number of H-pyrrole nitrogens is 1. The number of carboxylic acids is 1. The lowest BCUT2D eigenvalue weighted by molar-refractivity contribution is 0.0691. The molecule has 0 radical (unpaired) electrons. The van der Waals surface area contributed by atoms with E-state index >= 15 is 0 Å². The molecule has 2 aromatic heterocycles. The first-order chi connectivity index (χ1) is 8.86. The van der Waals surface area contributed by atoms with Crippen molar-refractivity contribution < 1.29 is 9.90 Å². The summed E-state index contributed by atoms with van der Waals surface area (Å²) in [6, 6.07) is 6.10. The van der Waals surface area contributed by atoms with Crippen LogP contribution in [0.5, 0.6) is 0 Å². The molecule has 0 bridgehead atoms. The minimum atomic E-state index is -0.981. The number of imidazole rings is 2. The Morgan fingerprint density at radius 3 is 2.74 bits per heavy atom. The molecule has 0 aliphatic heterocycles. The highest BCUT2D eigenvalue weighted by molar-refractivity contribution is 5.88. The van der Waals surface area contributed by atoms with Crippen molar-refractivity contribution in [2.24, 2.45) is 0 Å². The number of hydrogen-bond donors (Lipinski definition) is 2. The number of aromatic amines is 1. The fourth-order valence-corrected chi connectivity index (χ4v) is 2.17. The van der Waals surface area contributed by atoms with Crippen LogP contribution in [-0.4, -0.2) is 25.4 Å². The maximum absolute atomic E-state index is 11.0. The third kappa shape index (κ3) is 1.78. The van der Waals surface area contributed by atoms with Crippen LogP contribution in [0.15, 0.2) is 24.4 Å². The maximum Gasteiger partial charge on any atom is 0.353 e. The van der Waals surface area contributed by atoms with E-state index in [4.69, 9.17) is 5.11 Å². The number of aromatic carboxylic acids is 1. The lowest BCUT2D eigenvalue weighted by Gasteiger charge is -2.18. The molecule has 0 fully saturated rings. The number of carbonyl (C=O) groups is 1. The molecule has 0 saturated heterocycles. The molecule has 3 aromatic rings. The normalized spacial score (nSPS) is 12.4. The van der Waals surface area contributed by atoms with Gasteiger partial charge in [0.2, 0.25) is 5.78 Å². The fourth-order valence-electron chi connectivity index (χ4n) is 2.17. The number of benzene rings is 1. The minimum Gasteiger partial charge on any atom is -0.477 e. The molecule has 0 saturated carbocycles. The van der Waals surface area contributed by atoms with Crippen LogP contribution in [0.1, 0.15) is 36.8 Å². The molecule has 0 atom stereocenters. The van der Waals surface area contributed by atoms with Crippen molar-refractivity contribution in [2.45, 2.75) is 26.2 Å². The zero-order valence-electron chi connectivity index (χ0n) is 11.1. The molecule has 19 heavy (non-hydrogen) atoms. The lowest BCUT2D eigenvalue weighted by Crippen LogP contribution is -2.10. The largest absolute Gasteiger partial charge is 0.477 e. The van der Waals surface area contributed by atoms with E-state index in [1.807, 2.05) is 6.07 Å². The van der Waals surface area contributed by atoms with Crippen molar-refractivity contribution in [3.63, 3.8) is 0 Å². The molecule has 3 rings (SSSR count). The van der Waals surface area contributed by atoms with Gasteiger partial charge in [-0.2, -0.15) is 0 Å². The van der Waals surface area contributed by atoms with E-state index in [0.717, 1.165) is 11.0 Å². The van der Waals surface area contributed by atoms with Crippen molar-refractivity contribution in [1.29, 1.82) is 0 Å². The van der Waals surface area contributed by atoms with Gasteiger partial charge in [0, 0.05) is 6.20 Å². The Morgan fingerprint density at radius 2 is 2.11 bits per heavy atom. The van der Waals surface area contributed by atoms with Crippen LogP contribution in [0.2, 0.25) is 0 Å². The van der Waals surface area contributed by atoms with E-state index in [1.165, 1.54) is 5.56 Å². The Labute approximate surface area is 109 Å². The first kappa shape index (κ1) is 11.8. The summed E-state index contributed by atoms with van der Waals surface area (Å²) in [6.45, 7) is 6.44. The van der Waals surface area contributed by atoms with Crippen molar-refractivity contribution in [3.05, 3.63) is 35.7 Å². The number of rotatable bonds is 1. The smallest absolute Gasteiger partial charge is 0.353 e. The van der Waals surface area contributed by atoms with E-state index in [2.05, 4.69) is 42.9 Å². The molecule has 2 N–H and O–H groups in total. The molecule has 0 aliphatic carbocycles. The Kier molecular flexibility index (Phi) is 2.23. The van der Waals surface area contributed by atoms with Crippen LogP contribution in [-0.2, 0) is 5.41 Å². The Balaban J connectivity index is 2.30. The van der Waals surface area contributed by atoms with Gasteiger partial charge in [-0.1, -0.05) is 26.8 Å². The quantitative estimate of drug-likeness (QED) is 0.704. The predicted molar refractivity (Wildman–Crippen MR) is 72.7 cm³/mol. The topological polar surface area (TPSA) is 70.4 Å². The third-order valence-corrected chi connectivity index (χ3v) is 3.29. The van der Waals surface area contributed by atoms with Gasteiger partial charge in [-0.25, -0.2) is 9.78 Å². The van der Waals surface area contributed by atoms with E-state index in [-0.39, 0.29) is 11.1 Å². The second-order valence-corrected chi connectivity index (χ2v) is 5.73. The monoisotopic (exact) mass is 257 g/mol. The van der Waals surface area contributed by atoms with Crippen molar-refractivity contribution in [3.8, 4) is 0 Å². The molecule has 0 spiro atoms. The van der Waals surface area contributed by atoms with Crippen LogP contribution in [0.4, 0.5) is 0 Å². The highest BCUT2D eigenvalue weighted by atomic mass is 16.4. The molecule has 2 heterocycles. The van der Waals surface area contributed by atoms with Crippen molar-refractivity contribution in [1.82, 2.24) is 14.4 Å². The molecule has 5 nitrogen and oxygen atoms in total. The van der Waals surface area contributed by atoms with E-state index in [0.29, 0.717) is 5.78 Å². The van der Waals surface area contributed by atoms with Crippen LogP contribution in [0, 0.1) is 0 Å². The van der Waals surface area contributed by atoms with Gasteiger partial charge in [0.25, 0.3) is 0 Å².